The summed E-state index contributed by atoms with van der Waals surface area (Å²) in [5.41, 5.74) is -0.160. The largest absolute Gasteiger partial charge is 0.476 e. The lowest BCUT2D eigenvalue weighted by Gasteiger charge is -2.10. The minimum atomic E-state index is -1.37. The quantitative estimate of drug-likeness (QED) is 0.710. The Morgan fingerprint density at radius 3 is 2.44 bits per heavy atom. The molecule has 0 aliphatic carbocycles. The fraction of sp³-hybridized carbons (Fsp3) is 0.133. The second kappa shape index (κ2) is 8.18. The number of nitrogens with one attached hydrogen (secondary N) is 2. The molecule has 1 aromatic heterocycles. The van der Waals surface area contributed by atoms with E-state index in [0.717, 1.165) is 0 Å². The Morgan fingerprint density at radius 1 is 1.16 bits per heavy atom. The average Bonchev–Trinajstić information content (AvgIpc) is 2.57. The summed E-state index contributed by atoms with van der Waals surface area (Å²) < 4.78 is 4.70. The Balaban J connectivity index is 2.16. The van der Waals surface area contributed by atoms with Crippen LogP contribution in [0.1, 0.15) is 21.0 Å². The van der Waals surface area contributed by atoms with Crippen LogP contribution < -0.4 is 10.6 Å². The molecule has 0 radical (unpaired) electrons. The summed E-state index contributed by atoms with van der Waals surface area (Å²) in [4.78, 5) is 42.1. The van der Waals surface area contributed by atoms with Gasteiger partial charge in [-0.1, -0.05) is 11.6 Å². The molecular weight excluding hydrogens is 352 g/mol. The lowest BCUT2D eigenvalue weighted by Crippen LogP contribution is -2.20. The number of hydrogen-bond acceptors (Lipinski definition) is 6. The highest BCUT2D eigenvalue weighted by atomic mass is 35.5. The number of rotatable bonds is 6. The van der Waals surface area contributed by atoms with Crippen molar-refractivity contribution in [2.45, 2.75) is 0 Å². The fourth-order valence-corrected chi connectivity index (χ4v) is 2.09. The van der Waals surface area contributed by atoms with Crippen molar-refractivity contribution in [2.24, 2.45) is 0 Å². The van der Waals surface area contributed by atoms with Crippen molar-refractivity contribution in [1.29, 1.82) is 0 Å². The summed E-state index contributed by atoms with van der Waals surface area (Å²) in [5, 5.41) is 14.2. The molecule has 0 aliphatic heterocycles. The third kappa shape index (κ3) is 4.72. The molecule has 0 atom stereocenters. The van der Waals surface area contributed by atoms with Crippen LogP contribution in [0.25, 0.3) is 0 Å². The van der Waals surface area contributed by atoms with Crippen molar-refractivity contribution < 1.29 is 24.2 Å². The molecule has 25 heavy (non-hydrogen) atoms. The lowest BCUT2D eigenvalue weighted by molar-refractivity contribution is -0.119. The first kappa shape index (κ1) is 18.3. The maximum Gasteiger partial charge on any atom is 0.356 e. The number of benzene rings is 1. The van der Waals surface area contributed by atoms with Gasteiger partial charge < -0.3 is 20.5 Å². The Kier molecular flexibility index (Phi) is 5.98. The molecule has 1 heterocycles. The van der Waals surface area contributed by atoms with Crippen LogP contribution in [-0.4, -0.2) is 46.6 Å². The molecule has 0 unspecified atom stereocenters. The normalized spacial score (nSPS) is 10.2. The van der Waals surface area contributed by atoms with Crippen LogP contribution in [0.4, 0.5) is 11.4 Å². The number of carboxylic acids is 1. The monoisotopic (exact) mass is 364 g/mol. The number of nitrogens with zero attached hydrogens (tertiary/aromatic N) is 2. The van der Waals surface area contributed by atoms with Crippen LogP contribution in [-0.2, 0) is 9.53 Å². The second-order valence-electron chi connectivity index (χ2n) is 4.69. The molecule has 10 heteroatoms. The number of hydrogen-bond donors (Lipinski definition) is 3. The van der Waals surface area contributed by atoms with Gasteiger partial charge in [0, 0.05) is 25.2 Å². The highest BCUT2D eigenvalue weighted by molar-refractivity contribution is 6.34. The van der Waals surface area contributed by atoms with Crippen LogP contribution in [0.2, 0.25) is 5.02 Å². The number of aromatic nitrogens is 2. The van der Waals surface area contributed by atoms with Crippen molar-refractivity contribution in [3.63, 3.8) is 0 Å². The van der Waals surface area contributed by atoms with Gasteiger partial charge in [0.15, 0.2) is 11.4 Å². The maximum atomic E-state index is 12.2. The van der Waals surface area contributed by atoms with E-state index in [1.165, 1.54) is 37.7 Å². The fourth-order valence-electron chi connectivity index (χ4n) is 1.86. The molecule has 0 aliphatic rings. The van der Waals surface area contributed by atoms with Crippen molar-refractivity contribution in [3.05, 3.63) is 47.0 Å². The van der Waals surface area contributed by atoms with E-state index in [1.54, 1.807) is 0 Å². The zero-order valence-corrected chi connectivity index (χ0v) is 13.7. The molecule has 2 amide bonds. The molecular formula is C15H13ClN4O5. The van der Waals surface area contributed by atoms with Gasteiger partial charge in [-0.05, 0) is 18.2 Å². The van der Waals surface area contributed by atoms with E-state index in [-0.39, 0.29) is 23.2 Å². The zero-order valence-electron chi connectivity index (χ0n) is 12.9. The first-order chi connectivity index (χ1) is 11.9. The Labute approximate surface area is 147 Å². The number of halogens is 1. The highest BCUT2D eigenvalue weighted by Gasteiger charge is 2.19. The van der Waals surface area contributed by atoms with Gasteiger partial charge >= 0.3 is 5.97 Å². The molecule has 0 saturated carbocycles. The van der Waals surface area contributed by atoms with Crippen LogP contribution >= 0.6 is 11.6 Å². The summed E-state index contributed by atoms with van der Waals surface area (Å²) >= 11 is 6.06. The van der Waals surface area contributed by atoms with Gasteiger partial charge in [-0.2, -0.15) is 0 Å². The van der Waals surface area contributed by atoms with Crippen molar-refractivity contribution >= 4 is 40.8 Å². The van der Waals surface area contributed by atoms with Crippen molar-refractivity contribution in [2.75, 3.05) is 24.4 Å². The number of carbonyl (C=O) groups excluding carboxylic acids is 2. The van der Waals surface area contributed by atoms with Crippen LogP contribution in [0.3, 0.4) is 0 Å². The van der Waals surface area contributed by atoms with Crippen molar-refractivity contribution in [1.82, 2.24) is 9.97 Å². The summed E-state index contributed by atoms with van der Waals surface area (Å²) in [6, 6.07) is 4.38. The van der Waals surface area contributed by atoms with Gasteiger partial charge in [0.05, 0.1) is 10.7 Å². The van der Waals surface area contributed by atoms with Gasteiger partial charge in [0.2, 0.25) is 5.91 Å². The zero-order chi connectivity index (χ0) is 18.4. The van der Waals surface area contributed by atoms with E-state index in [1.807, 2.05) is 0 Å². The molecule has 3 N–H and O–H groups in total. The molecule has 1 aromatic carbocycles. The summed E-state index contributed by atoms with van der Waals surface area (Å²) in [6.07, 6.45) is 2.39. The lowest BCUT2D eigenvalue weighted by atomic mass is 10.2. The number of aromatic carboxylic acids is 1. The molecule has 2 aromatic rings. The molecule has 0 spiro atoms. The molecule has 2 rings (SSSR count). The van der Waals surface area contributed by atoms with Gasteiger partial charge in [0.25, 0.3) is 5.91 Å². The summed E-state index contributed by atoms with van der Waals surface area (Å²) in [6.45, 7) is -0.126. The predicted molar refractivity (Wildman–Crippen MR) is 88.9 cm³/mol. The number of ether oxygens (including phenoxy) is 1. The van der Waals surface area contributed by atoms with E-state index in [0.29, 0.717) is 11.4 Å². The molecule has 0 bridgehead atoms. The molecule has 130 valence electrons. The van der Waals surface area contributed by atoms with Gasteiger partial charge in [-0.25, -0.2) is 14.8 Å². The van der Waals surface area contributed by atoms with Crippen LogP contribution in [0.5, 0.6) is 0 Å². The minimum absolute atomic E-state index is 0.126. The third-order valence-electron chi connectivity index (χ3n) is 2.89. The first-order valence-electron chi connectivity index (χ1n) is 6.86. The average molecular weight is 365 g/mol. The molecule has 0 fully saturated rings. The summed E-state index contributed by atoms with van der Waals surface area (Å²) in [5.74, 6) is -2.50. The van der Waals surface area contributed by atoms with Crippen molar-refractivity contribution in [3.8, 4) is 0 Å². The Hall–Kier alpha value is -3.04. The number of amides is 2. The number of carbonyl (C=O) groups is 3. The number of anilines is 2. The van der Waals surface area contributed by atoms with E-state index >= 15 is 0 Å². The van der Waals surface area contributed by atoms with Gasteiger partial charge in [-0.15, -0.1) is 0 Å². The Morgan fingerprint density at radius 2 is 1.84 bits per heavy atom. The molecule has 9 nitrogen and oxygen atoms in total. The standard InChI is InChI=1S/C15H13ClN4O5/c1-25-7-11(21)20-10-3-2-8(6-9(10)16)19-14(22)12-13(15(23)24)18-5-4-17-12/h2-6H,7H2,1H3,(H,19,22)(H,20,21)(H,23,24). The maximum absolute atomic E-state index is 12.2. The van der Waals surface area contributed by atoms with E-state index < -0.39 is 17.6 Å². The first-order valence-corrected chi connectivity index (χ1v) is 7.24. The summed E-state index contributed by atoms with van der Waals surface area (Å²) in [7, 11) is 1.39. The predicted octanol–water partition coefficient (Wildman–Crippen LogP) is 1.67. The SMILES string of the molecule is COCC(=O)Nc1ccc(NC(=O)c2nccnc2C(=O)O)cc1Cl. The van der Waals surface area contributed by atoms with Gasteiger partial charge in [0.1, 0.15) is 6.61 Å². The topological polar surface area (TPSA) is 131 Å². The van der Waals surface area contributed by atoms with E-state index in [2.05, 4.69) is 20.6 Å². The second-order valence-corrected chi connectivity index (χ2v) is 5.10. The smallest absolute Gasteiger partial charge is 0.356 e. The Bertz CT molecular complexity index is 827. The minimum Gasteiger partial charge on any atom is -0.476 e. The van der Waals surface area contributed by atoms with Crippen LogP contribution in [0, 0.1) is 0 Å². The van der Waals surface area contributed by atoms with E-state index in [4.69, 9.17) is 21.4 Å². The number of methoxy groups -OCH3 is 1. The highest BCUT2D eigenvalue weighted by Crippen LogP contribution is 2.25. The third-order valence-corrected chi connectivity index (χ3v) is 3.21. The molecule has 0 saturated heterocycles. The van der Waals surface area contributed by atoms with Crippen LogP contribution in [0.15, 0.2) is 30.6 Å². The van der Waals surface area contributed by atoms with E-state index in [9.17, 15) is 14.4 Å². The van der Waals surface area contributed by atoms with Gasteiger partial charge in [-0.3, -0.25) is 9.59 Å². The number of carboxylic acid groups (broad SMARTS) is 1.